The minimum absolute atomic E-state index is 0.140. The van der Waals surface area contributed by atoms with Crippen LogP contribution >= 0.6 is 11.3 Å². The van der Waals surface area contributed by atoms with Gasteiger partial charge in [-0.25, -0.2) is 4.98 Å². The van der Waals surface area contributed by atoms with Crippen molar-refractivity contribution >= 4 is 11.3 Å². The maximum Gasteiger partial charge on any atom is 0.140 e. The normalized spacial score (nSPS) is 10.6. The Bertz CT molecular complexity index is 522. The Kier molecular flexibility index (Phi) is 4.33. The van der Waals surface area contributed by atoms with Crippen molar-refractivity contribution in [3.8, 4) is 5.75 Å². The van der Waals surface area contributed by atoms with E-state index in [0.717, 1.165) is 22.0 Å². The molecule has 1 N–H and O–H groups in total. The predicted octanol–water partition coefficient (Wildman–Crippen LogP) is 2.87. The maximum absolute atomic E-state index is 8.83. The third-order valence-corrected chi connectivity index (χ3v) is 3.52. The van der Waals surface area contributed by atoms with Crippen molar-refractivity contribution in [3.63, 3.8) is 0 Å². The minimum atomic E-state index is 0.140. The van der Waals surface area contributed by atoms with Crippen molar-refractivity contribution in [2.24, 2.45) is 0 Å². The van der Waals surface area contributed by atoms with Gasteiger partial charge in [-0.05, 0) is 25.5 Å². The summed E-state index contributed by atoms with van der Waals surface area (Å²) in [7, 11) is 0. The number of aliphatic hydroxyl groups excluding tert-OH is 1. The quantitative estimate of drug-likeness (QED) is 0.902. The first-order valence-electron chi connectivity index (χ1n) is 5.93. The van der Waals surface area contributed by atoms with Gasteiger partial charge in [0.15, 0.2) is 0 Å². The summed E-state index contributed by atoms with van der Waals surface area (Å²) in [6.07, 6.45) is 0.611. The fraction of sp³-hybridized carbons (Fsp3) is 0.357. The zero-order valence-corrected chi connectivity index (χ0v) is 11.5. The van der Waals surface area contributed by atoms with Crippen LogP contribution in [0.1, 0.15) is 21.8 Å². The molecule has 0 spiro atoms. The molecule has 18 heavy (non-hydrogen) atoms. The number of aryl methyl sites for hydroxylation is 2. The fourth-order valence-electron chi connectivity index (χ4n) is 1.75. The molecule has 0 saturated carbocycles. The summed E-state index contributed by atoms with van der Waals surface area (Å²) in [6.45, 7) is 4.74. The molecule has 2 rings (SSSR count). The Labute approximate surface area is 111 Å². The van der Waals surface area contributed by atoms with Gasteiger partial charge in [0, 0.05) is 18.4 Å². The van der Waals surface area contributed by atoms with Crippen LogP contribution in [0.2, 0.25) is 0 Å². The average Bonchev–Trinajstić information content (AvgIpc) is 2.76. The summed E-state index contributed by atoms with van der Waals surface area (Å²) in [6, 6.07) is 6.14. The molecule has 0 atom stereocenters. The van der Waals surface area contributed by atoms with E-state index in [4.69, 9.17) is 9.84 Å². The van der Waals surface area contributed by atoms with E-state index in [1.165, 1.54) is 5.56 Å². The number of thiazole rings is 1. The lowest BCUT2D eigenvalue weighted by molar-refractivity contribution is 0.295. The number of nitrogens with zero attached hydrogens (tertiary/aromatic N) is 1. The van der Waals surface area contributed by atoms with Crippen LogP contribution in [-0.2, 0) is 13.0 Å². The Morgan fingerprint density at radius 2 is 2.17 bits per heavy atom. The highest BCUT2D eigenvalue weighted by Crippen LogP contribution is 2.21. The number of hydrogen-bond acceptors (Lipinski definition) is 4. The standard InChI is InChI=1S/C14H17NO2S/c1-10-3-4-13(11(2)7-10)17-8-14-15-12(5-6-16)9-18-14/h3-4,7,9,16H,5-6,8H2,1-2H3. The van der Waals surface area contributed by atoms with Crippen molar-refractivity contribution in [2.45, 2.75) is 26.9 Å². The lowest BCUT2D eigenvalue weighted by Gasteiger charge is -2.08. The maximum atomic E-state index is 8.83. The van der Waals surface area contributed by atoms with E-state index in [1.54, 1.807) is 11.3 Å². The van der Waals surface area contributed by atoms with Crippen LogP contribution in [-0.4, -0.2) is 16.7 Å². The van der Waals surface area contributed by atoms with Crippen LogP contribution in [0, 0.1) is 13.8 Å². The predicted molar refractivity (Wildman–Crippen MR) is 73.2 cm³/mol. The van der Waals surface area contributed by atoms with Crippen molar-refractivity contribution in [1.82, 2.24) is 4.98 Å². The van der Waals surface area contributed by atoms with E-state index in [2.05, 4.69) is 18.0 Å². The zero-order valence-electron chi connectivity index (χ0n) is 10.6. The van der Waals surface area contributed by atoms with Crippen LogP contribution in [0.4, 0.5) is 0 Å². The average molecular weight is 263 g/mol. The molecule has 0 radical (unpaired) electrons. The number of hydrogen-bond donors (Lipinski definition) is 1. The van der Waals surface area contributed by atoms with Gasteiger partial charge in [0.2, 0.25) is 0 Å². The highest BCUT2D eigenvalue weighted by atomic mass is 32.1. The summed E-state index contributed by atoms with van der Waals surface area (Å²) in [5.41, 5.74) is 3.31. The highest BCUT2D eigenvalue weighted by Gasteiger charge is 2.04. The topological polar surface area (TPSA) is 42.4 Å². The Hall–Kier alpha value is -1.39. The van der Waals surface area contributed by atoms with Gasteiger partial charge in [-0.15, -0.1) is 11.3 Å². The molecule has 2 aromatic rings. The number of aliphatic hydroxyl groups is 1. The molecular weight excluding hydrogens is 246 g/mol. The van der Waals surface area contributed by atoms with Gasteiger partial charge in [0.1, 0.15) is 17.4 Å². The second-order valence-corrected chi connectivity index (χ2v) is 5.21. The molecule has 1 aromatic carbocycles. The monoisotopic (exact) mass is 263 g/mol. The smallest absolute Gasteiger partial charge is 0.140 e. The molecule has 0 amide bonds. The lowest BCUT2D eigenvalue weighted by atomic mass is 10.1. The lowest BCUT2D eigenvalue weighted by Crippen LogP contribution is -1.98. The first kappa shape index (κ1) is 13.1. The second-order valence-electron chi connectivity index (χ2n) is 4.26. The van der Waals surface area contributed by atoms with E-state index in [9.17, 15) is 0 Å². The zero-order chi connectivity index (χ0) is 13.0. The largest absolute Gasteiger partial charge is 0.486 e. The van der Waals surface area contributed by atoms with Crippen LogP contribution < -0.4 is 4.74 Å². The van der Waals surface area contributed by atoms with Crippen LogP contribution in [0.5, 0.6) is 5.75 Å². The molecule has 0 aliphatic heterocycles. The summed E-state index contributed by atoms with van der Waals surface area (Å²) in [5.74, 6) is 0.902. The van der Waals surface area contributed by atoms with Crippen molar-refractivity contribution in [2.75, 3.05) is 6.61 Å². The van der Waals surface area contributed by atoms with E-state index >= 15 is 0 Å². The molecule has 0 unspecified atom stereocenters. The van der Waals surface area contributed by atoms with Gasteiger partial charge in [0.05, 0.1) is 5.69 Å². The number of rotatable bonds is 5. The van der Waals surface area contributed by atoms with E-state index in [0.29, 0.717) is 13.0 Å². The summed E-state index contributed by atoms with van der Waals surface area (Å²) < 4.78 is 5.75. The summed E-state index contributed by atoms with van der Waals surface area (Å²) in [5, 5.41) is 11.7. The Balaban J connectivity index is 1.97. The highest BCUT2D eigenvalue weighted by molar-refractivity contribution is 7.09. The van der Waals surface area contributed by atoms with E-state index in [1.807, 2.05) is 24.4 Å². The Morgan fingerprint density at radius 3 is 2.89 bits per heavy atom. The third kappa shape index (κ3) is 3.31. The summed E-state index contributed by atoms with van der Waals surface area (Å²) in [4.78, 5) is 4.40. The van der Waals surface area contributed by atoms with Gasteiger partial charge in [-0.1, -0.05) is 17.7 Å². The molecule has 0 aliphatic carbocycles. The molecule has 0 saturated heterocycles. The van der Waals surface area contributed by atoms with Crippen LogP contribution in [0.15, 0.2) is 23.6 Å². The van der Waals surface area contributed by atoms with Gasteiger partial charge in [0.25, 0.3) is 0 Å². The van der Waals surface area contributed by atoms with Gasteiger partial charge in [-0.2, -0.15) is 0 Å². The number of aromatic nitrogens is 1. The van der Waals surface area contributed by atoms with Crippen molar-refractivity contribution in [1.29, 1.82) is 0 Å². The number of benzene rings is 1. The first-order chi connectivity index (χ1) is 8.69. The molecule has 4 heteroatoms. The summed E-state index contributed by atoms with van der Waals surface area (Å²) >= 11 is 1.57. The molecule has 1 aromatic heterocycles. The molecule has 96 valence electrons. The first-order valence-corrected chi connectivity index (χ1v) is 6.81. The SMILES string of the molecule is Cc1ccc(OCc2nc(CCO)cs2)c(C)c1. The van der Waals surface area contributed by atoms with E-state index in [-0.39, 0.29) is 6.61 Å². The van der Waals surface area contributed by atoms with Crippen LogP contribution in [0.3, 0.4) is 0 Å². The van der Waals surface area contributed by atoms with Gasteiger partial charge in [-0.3, -0.25) is 0 Å². The Morgan fingerprint density at radius 1 is 1.33 bits per heavy atom. The minimum Gasteiger partial charge on any atom is -0.486 e. The number of ether oxygens (including phenoxy) is 1. The third-order valence-electron chi connectivity index (χ3n) is 2.65. The van der Waals surface area contributed by atoms with Crippen molar-refractivity contribution < 1.29 is 9.84 Å². The van der Waals surface area contributed by atoms with Gasteiger partial charge < -0.3 is 9.84 Å². The molecule has 1 heterocycles. The van der Waals surface area contributed by atoms with Crippen molar-refractivity contribution in [3.05, 3.63) is 45.4 Å². The molecular formula is C14H17NO2S. The second kappa shape index (κ2) is 5.98. The van der Waals surface area contributed by atoms with Crippen LogP contribution in [0.25, 0.3) is 0 Å². The molecule has 3 nitrogen and oxygen atoms in total. The van der Waals surface area contributed by atoms with Gasteiger partial charge >= 0.3 is 0 Å². The molecule has 0 aliphatic rings. The van der Waals surface area contributed by atoms with E-state index < -0.39 is 0 Å². The molecule has 0 bridgehead atoms. The molecule has 0 fully saturated rings. The fourth-order valence-corrected chi connectivity index (χ4v) is 2.48.